The fraction of sp³-hybridized carbons (Fsp3) is 0.500. The van der Waals surface area contributed by atoms with Crippen LogP contribution in [0, 0.1) is 17.9 Å². The summed E-state index contributed by atoms with van der Waals surface area (Å²) in [6.45, 7) is 13.8. The van der Waals surface area contributed by atoms with Crippen LogP contribution in [0.25, 0.3) is 4.85 Å². The summed E-state index contributed by atoms with van der Waals surface area (Å²) in [6, 6.07) is 10.9. The molecule has 1 aromatic heterocycles. The molecule has 1 aliphatic rings. The van der Waals surface area contributed by atoms with Gasteiger partial charge in [-0.15, -0.1) is 11.8 Å². The smallest absolute Gasteiger partial charge is 0.232 e. The van der Waals surface area contributed by atoms with Crippen molar-refractivity contribution in [3.05, 3.63) is 57.9 Å². The molecule has 1 N–H and O–H groups in total. The number of hydrogen-bond acceptors (Lipinski definition) is 6. The maximum atomic E-state index is 9.92. The Bertz CT molecular complexity index is 1010. The van der Waals surface area contributed by atoms with Crippen molar-refractivity contribution < 1.29 is 5.11 Å². The quantitative estimate of drug-likeness (QED) is 0.327. The van der Waals surface area contributed by atoms with Crippen LogP contribution in [0.3, 0.4) is 0 Å². The van der Waals surface area contributed by atoms with E-state index in [4.69, 9.17) is 16.7 Å². The van der Waals surface area contributed by atoms with Gasteiger partial charge in [-0.3, -0.25) is 0 Å². The van der Waals surface area contributed by atoms with Crippen molar-refractivity contribution in [2.45, 2.75) is 49.8 Å². The van der Waals surface area contributed by atoms with Crippen LogP contribution < -0.4 is 4.90 Å². The highest BCUT2D eigenvalue weighted by Gasteiger charge is 2.24. The molecule has 7 heteroatoms. The molecule has 6 nitrogen and oxygen atoms in total. The molecule has 1 aliphatic heterocycles. The van der Waals surface area contributed by atoms with Crippen LogP contribution in [-0.4, -0.2) is 54.8 Å². The van der Waals surface area contributed by atoms with Gasteiger partial charge in [0.2, 0.25) is 5.69 Å². The van der Waals surface area contributed by atoms with Gasteiger partial charge in [-0.2, -0.15) is 5.26 Å². The van der Waals surface area contributed by atoms with Gasteiger partial charge < -0.3 is 14.9 Å². The van der Waals surface area contributed by atoms with Crippen molar-refractivity contribution in [2.24, 2.45) is 0 Å². The Morgan fingerprint density at radius 3 is 2.58 bits per heavy atom. The lowest BCUT2D eigenvalue weighted by Crippen LogP contribution is -2.29. The van der Waals surface area contributed by atoms with E-state index in [9.17, 15) is 5.26 Å². The first-order valence-corrected chi connectivity index (χ1v) is 12.7. The zero-order valence-corrected chi connectivity index (χ0v) is 20.5. The topological polar surface area (TPSA) is 67.8 Å². The number of thioether (sulfide) groups is 1. The number of aliphatic hydroxyl groups is 1. The van der Waals surface area contributed by atoms with Gasteiger partial charge in [0.1, 0.15) is 16.9 Å². The third-order valence-corrected chi connectivity index (χ3v) is 7.14. The SMILES string of the molecule is [C-]#[N+]c1c(N2CCCN(C)CC2)nc(SCc2ccc(CCCCO)cc2)c(C#N)c1CC. The molecule has 33 heavy (non-hydrogen) atoms. The molecule has 0 radical (unpaired) electrons. The summed E-state index contributed by atoms with van der Waals surface area (Å²) in [5.74, 6) is 1.46. The van der Waals surface area contributed by atoms with Gasteiger partial charge in [0.05, 0.1) is 12.1 Å². The van der Waals surface area contributed by atoms with Crippen LogP contribution in [0.1, 0.15) is 48.4 Å². The van der Waals surface area contributed by atoms with Crippen LogP contribution in [0.15, 0.2) is 29.3 Å². The van der Waals surface area contributed by atoms with Crippen LogP contribution in [0.5, 0.6) is 0 Å². The number of aryl methyl sites for hydroxylation is 1. The summed E-state index contributed by atoms with van der Waals surface area (Å²) < 4.78 is 0. The first kappa shape index (κ1) is 25.1. The van der Waals surface area contributed by atoms with Gasteiger partial charge in [-0.05, 0) is 62.4 Å². The van der Waals surface area contributed by atoms with E-state index in [-0.39, 0.29) is 6.61 Å². The number of nitrogens with zero attached hydrogens (tertiary/aromatic N) is 5. The zero-order valence-electron chi connectivity index (χ0n) is 19.7. The lowest BCUT2D eigenvalue weighted by molar-refractivity contribution is 0.284. The summed E-state index contributed by atoms with van der Waals surface area (Å²) in [5, 5.41) is 19.6. The molecule has 1 saturated heterocycles. The summed E-state index contributed by atoms with van der Waals surface area (Å²) >= 11 is 1.58. The summed E-state index contributed by atoms with van der Waals surface area (Å²) in [7, 11) is 2.13. The number of rotatable bonds is 9. The molecule has 2 aromatic rings. The fourth-order valence-corrected chi connectivity index (χ4v) is 5.10. The van der Waals surface area contributed by atoms with Crippen molar-refractivity contribution in [1.29, 1.82) is 5.26 Å². The number of unbranched alkanes of at least 4 members (excludes halogenated alkanes) is 1. The molecule has 0 saturated carbocycles. The maximum absolute atomic E-state index is 9.92. The zero-order chi connectivity index (χ0) is 23.6. The normalized spacial score (nSPS) is 14.5. The molecule has 0 atom stereocenters. The van der Waals surface area contributed by atoms with Crippen LogP contribution in [0.2, 0.25) is 0 Å². The third kappa shape index (κ3) is 6.48. The van der Waals surface area contributed by atoms with E-state index < -0.39 is 0 Å². The molecule has 0 bridgehead atoms. The number of aliphatic hydroxyl groups excluding tert-OH is 1. The molecular weight excluding hydrogens is 430 g/mol. The van der Waals surface area contributed by atoms with E-state index in [2.05, 4.69) is 52.0 Å². The Morgan fingerprint density at radius 1 is 1.15 bits per heavy atom. The summed E-state index contributed by atoms with van der Waals surface area (Å²) in [5.41, 5.74) is 4.36. The minimum Gasteiger partial charge on any atom is -0.396 e. The van der Waals surface area contributed by atoms with Gasteiger partial charge >= 0.3 is 0 Å². The van der Waals surface area contributed by atoms with Crippen molar-refractivity contribution in [3.8, 4) is 6.07 Å². The van der Waals surface area contributed by atoms with Gasteiger partial charge in [-0.1, -0.05) is 31.2 Å². The molecule has 0 unspecified atom stereocenters. The van der Waals surface area contributed by atoms with Gasteiger partial charge in [-0.25, -0.2) is 9.83 Å². The summed E-state index contributed by atoms with van der Waals surface area (Å²) in [4.78, 5) is 13.3. The minimum atomic E-state index is 0.241. The van der Waals surface area contributed by atoms with Crippen molar-refractivity contribution >= 4 is 23.3 Å². The molecule has 0 amide bonds. The Labute approximate surface area is 202 Å². The predicted molar refractivity (Wildman–Crippen MR) is 135 cm³/mol. The number of hydrogen-bond donors (Lipinski definition) is 1. The van der Waals surface area contributed by atoms with E-state index >= 15 is 0 Å². The highest BCUT2D eigenvalue weighted by Crippen LogP contribution is 2.39. The molecule has 1 aromatic carbocycles. The lowest BCUT2D eigenvalue weighted by Gasteiger charge is -2.25. The molecule has 174 valence electrons. The number of aromatic nitrogens is 1. The Kier molecular flexibility index (Phi) is 9.57. The third-order valence-electron chi connectivity index (χ3n) is 6.09. The monoisotopic (exact) mass is 463 g/mol. The molecule has 3 rings (SSSR count). The number of nitriles is 1. The van der Waals surface area contributed by atoms with Gasteiger partial charge in [0, 0.05) is 32.0 Å². The van der Waals surface area contributed by atoms with E-state index in [0.29, 0.717) is 17.7 Å². The average molecular weight is 464 g/mol. The van der Waals surface area contributed by atoms with E-state index in [1.54, 1.807) is 11.8 Å². The standard InChI is InChI=1S/C26H33N5OS/c1-4-22-23(18-27)26(33-19-21-11-9-20(10-12-21)8-5-6-17-32)29-25(24(22)28-2)31-14-7-13-30(3)15-16-31/h9-12,32H,4-8,13-17,19H2,1,3H3. The summed E-state index contributed by atoms with van der Waals surface area (Å²) in [6.07, 6.45) is 4.46. The minimum absolute atomic E-state index is 0.241. The van der Waals surface area contributed by atoms with Crippen LogP contribution in [-0.2, 0) is 18.6 Å². The maximum Gasteiger partial charge on any atom is 0.232 e. The highest BCUT2D eigenvalue weighted by atomic mass is 32.2. The fourth-order valence-electron chi connectivity index (χ4n) is 4.14. The second-order valence-electron chi connectivity index (χ2n) is 8.45. The Balaban J connectivity index is 1.85. The van der Waals surface area contributed by atoms with Crippen LogP contribution in [0.4, 0.5) is 11.5 Å². The van der Waals surface area contributed by atoms with Crippen molar-refractivity contribution in [1.82, 2.24) is 9.88 Å². The second kappa shape index (κ2) is 12.6. The van der Waals surface area contributed by atoms with Crippen molar-refractivity contribution in [3.63, 3.8) is 0 Å². The van der Waals surface area contributed by atoms with E-state index in [0.717, 1.165) is 74.0 Å². The number of anilines is 1. The van der Waals surface area contributed by atoms with E-state index in [1.165, 1.54) is 11.1 Å². The largest absolute Gasteiger partial charge is 0.396 e. The molecule has 2 heterocycles. The Morgan fingerprint density at radius 2 is 1.91 bits per heavy atom. The number of benzene rings is 1. The molecule has 1 fully saturated rings. The lowest BCUT2D eigenvalue weighted by atomic mass is 10.1. The number of likely N-dealkylation sites (N-methyl/N-ethyl adjacent to an activating group) is 1. The van der Waals surface area contributed by atoms with Crippen LogP contribution >= 0.6 is 11.8 Å². The van der Waals surface area contributed by atoms with Gasteiger partial charge in [0.25, 0.3) is 0 Å². The Hall–Kier alpha value is -2.58. The number of pyridine rings is 1. The first-order chi connectivity index (χ1) is 16.1. The van der Waals surface area contributed by atoms with Gasteiger partial charge in [0.15, 0.2) is 0 Å². The molecule has 0 spiro atoms. The predicted octanol–water partition coefficient (Wildman–Crippen LogP) is 4.82. The van der Waals surface area contributed by atoms with Crippen molar-refractivity contribution in [2.75, 3.05) is 44.7 Å². The first-order valence-electron chi connectivity index (χ1n) is 11.7. The average Bonchev–Trinajstić information content (AvgIpc) is 3.06. The second-order valence-corrected chi connectivity index (χ2v) is 9.41. The molecular formula is C26H33N5OS. The molecule has 0 aliphatic carbocycles. The highest BCUT2D eigenvalue weighted by molar-refractivity contribution is 7.98. The van der Waals surface area contributed by atoms with E-state index in [1.807, 2.05) is 6.92 Å².